The molecule has 0 aliphatic rings. The van der Waals surface area contributed by atoms with E-state index >= 15 is 0 Å². The predicted molar refractivity (Wildman–Crippen MR) is 43.1 cm³/mol. The van der Waals surface area contributed by atoms with Crippen LogP contribution in [-0.2, 0) is 6.42 Å². The smallest absolute Gasteiger partial charge is 0.0664 e. The molecule has 1 rings (SSSR count). The molecular formula is C8H13N3. The van der Waals surface area contributed by atoms with Gasteiger partial charge in [0.25, 0.3) is 0 Å². The summed E-state index contributed by atoms with van der Waals surface area (Å²) in [4.78, 5) is 0. The highest BCUT2D eigenvalue weighted by molar-refractivity contribution is 4.94. The lowest BCUT2D eigenvalue weighted by Crippen LogP contribution is -1.93. The van der Waals surface area contributed by atoms with Gasteiger partial charge in [0.05, 0.1) is 11.9 Å². The van der Waals surface area contributed by atoms with Crippen LogP contribution in [0.3, 0.4) is 0 Å². The summed E-state index contributed by atoms with van der Waals surface area (Å²) in [5.41, 5.74) is 1.05. The zero-order chi connectivity index (χ0) is 7.94. The van der Waals surface area contributed by atoms with E-state index in [1.807, 2.05) is 6.07 Å². The van der Waals surface area contributed by atoms with Crippen molar-refractivity contribution < 1.29 is 0 Å². The van der Waals surface area contributed by atoms with Gasteiger partial charge < -0.3 is 0 Å². The first-order valence-corrected chi connectivity index (χ1v) is 4.06. The van der Waals surface area contributed by atoms with Crippen molar-refractivity contribution in [2.75, 3.05) is 0 Å². The van der Waals surface area contributed by atoms with Gasteiger partial charge in [0.1, 0.15) is 0 Å². The molecule has 0 spiro atoms. The molecule has 0 saturated heterocycles. The molecule has 0 aliphatic carbocycles. The number of rotatable bonds is 4. The number of aryl methyl sites for hydroxylation is 1. The maximum absolute atomic E-state index is 3.89. The molecule has 0 atom stereocenters. The highest BCUT2D eigenvalue weighted by Crippen LogP contribution is 2.00. The van der Waals surface area contributed by atoms with Crippen LogP contribution in [0.4, 0.5) is 0 Å². The van der Waals surface area contributed by atoms with Gasteiger partial charge in [-0.25, -0.2) is 0 Å². The highest BCUT2D eigenvalue weighted by atomic mass is 15.3. The van der Waals surface area contributed by atoms with Gasteiger partial charge in [0, 0.05) is 0 Å². The molecule has 0 bridgehead atoms. The van der Waals surface area contributed by atoms with E-state index in [1.54, 1.807) is 6.20 Å². The summed E-state index contributed by atoms with van der Waals surface area (Å²) >= 11 is 0. The number of hydrogen-bond acceptors (Lipinski definition) is 3. The Balaban J connectivity index is 2.28. The molecule has 1 heterocycles. The maximum atomic E-state index is 3.89. The Hall–Kier alpha value is -0.990. The summed E-state index contributed by atoms with van der Waals surface area (Å²) in [6.07, 6.45) is 6.44. The Morgan fingerprint density at radius 3 is 2.91 bits per heavy atom. The van der Waals surface area contributed by atoms with Crippen molar-refractivity contribution >= 4 is 0 Å². The molecule has 1 aromatic heterocycles. The number of unbranched alkanes of at least 4 members (excludes halogenated alkanes) is 2. The first-order chi connectivity index (χ1) is 5.43. The molecule has 0 fully saturated rings. The van der Waals surface area contributed by atoms with Gasteiger partial charge in [-0.3, -0.25) is 0 Å². The predicted octanol–water partition coefficient (Wildman–Crippen LogP) is 1.60. The molecular weight excluding hydrogens is 138 g/mol. The summed E-state index contributed by atoms with van der Waals surface area (Å²) in [5.74, 6) is 0. The Bertz CT molecular complexity index is 186. The van der Waals surface area contributed by atoms with Crippen LogP contribution in [0.1, 0.15) is 31.9 Å². The van der Waals surface area contributed by atoms with E-state index in [0.717, 1.165) is 12.1 Å². The van der Waals surface area contributed by atoms with Gasteiger partial charge >= 0.3 is 0 Å². The van der Waals surface area contributed by atoms with Crippen molar-refractivity contribution in [2.45, 2.75) is 32.6 Å². The quantitative estimate of drug-likeness (QED) is 0.613. The monoisotopic (exact) mass is 151 g/mol. The maximum Gasteiger partial charge on any atom is 0.0664 e. The molecule has 0 saturated carbocycles. The minimum absolute atomic E-state index is 1.03. The van der Waals surface area contributed by atoms with Crippen LogP contribution in [0.5, 0.6) is 0 Å². The molecule has 0 unspecified atom stereocenters. The first kappa shape index (κ1) is 8.11. The van der Waals surface area contributed by atoms with Gasteiger partial charge in [0.15, 0.2) is 0 Å². The van der Waals surface area contributed by atoms with E-state index in [-0.39, 0.29) is 0 Å². The standard InChI is InChI=1S/C8H13N3/c1-2-3-4-5-8-6-7-9-11-10-8/h6-7H,2-5H2,1H3. The average molecular weight is 151 g/mol. The van der Waals surface area contributed by atoms with Crippen LogP contribution >= 0.6 is 0 Å². The van der Waals surface area contributed by atoms with Gasteiger partial charge in [0.2, 0.25) is 0 Å². The van der Waals surface area contributed by atoms with Gasteiger partial charge in [-0.2, -0.15) is 0 Å². The Kier molecular flexibility index (Phi) is 3.52. The number of aromatic nitrogens is 3. The third-order valence-corrected chi connectivity index (χ3v) is 1.59. The Morgan fingerprint density at radius 1 is 1.36 bits per heavy atom. The minimum atomic E-state index is 1.03. The SMILES string of the molecule is CCCCCc1ccnnn1. The topological polar surface area (TPSA) is 38.7 Å². The summed E-state index contributed by atoms with van der Waals surface area (Å²) in [5, 5.41) is 11.1. The highest BCUT2D eigenvalue weighted by Gasteiger charge is 1.92. The molecule has 60 valence electrons. The third-order valence-electron chi connectivity index (χ3n) is 1.59. The Morgan fingerprint density at radius 2 is 2.27 bits per heavy atom. The summed E-state index contributed by atoms with van der Waals surface area (Å²) in [6, 6.07) is 1.92. The van der Waals surface area contributed by atoms with Gasteiger partial charge in [-0.1, -0.05) is 19.8 Å². The fourth-order valence-electron chi connectivity index (χ4n) is 0.955. The molecule has 0 N–H and O–H groups in total. The van der Waals surface area contributed by atoms with Crippen molar-refractivity contribution in [2.24, 2.45) is 0 Å². The molecule has 3 nitrogen and oxygen atoms in total. The summed E-state index contributed by atoms with van der Waals surface area (Å²) < 4.78 is 0. The van der Waals surface area contributed by atoms with E-state index in [0.29, 0.717) is 0 Å². The summed E-state index contributed by atoms with van der Waals surface area (Å²) in [6.45, 7) is 2.19. The largest absolute Gasteiger partial charge is 0.139 e. The Labute approximate surface area is 66.9 Å². The normalized spacial score (nSPS) is 9.91. The van der Waals surface area contributed by atoms with E-state index in [9.17, 15) is 0 Å². The van der Waals surface area contributed by atoms with E-state index in [1.165, 1.54) is 19.3 Å². The lowest BCUT2D eigenvalue weighted by Gasteiger charge is -1.95. The first-order valence-electron chi connectivity index (χ1n) is 4.06. The zero-order valence-electron chi connectivity index (χ0n) is 6.82. The van der Waals surface area contributed by atoms with Crippen molar-refractivity contribution in [1.29, 1.82) is 0 Å². The van der Waals surface area contributed by atoms with Crippen LogP contribution in [0.25, 0.3) is 0 Å². The molecule has 3 heteroatoms. The average Bonchev–Trinajstić information content (AvgIpc) is 2.07. The number of nitrogens with zero attached hydrogens (tertiary/aromatic N) is 3. The van der Waals surface area contributed by atoms with Crippen molar-refractivity contribution in [3.05, 3.63) is 18.0 Å². The van der Waals surface area contributed by atoms with E-state index in [2.05, 4.69) is 22.3 Å². The number of hydrogen-bond donors (Lipinski definition) is 0. The third kappa shape index (κ3) is 3.07. The van der Waals surface area contributed by atoms with Gasteiger partial charge in [-0.05, 0) is 24.1 Å². The molecule has 1 aromatic rings. The van der Waals surface area contributed by atoms with Crippen molar-refractivity contribution in [3.63, 3.8) is 0 Å². The van der Waals surface area contributed by atoms with Crippen molar-refractivity contribution in [3.8, 4) is 0 Å². The molecule has 0 aromatic carbocycles. The fraction of sp³-hybridized carbons (Fsp3) is 0.625. The lowest BCUT2D eigenvalue weighted by molar-refractivity contribution is 0.688. The molecule has 11 heavy (non-hydrogen) atoms. The van der Waals surface area contributed by atoms with Crippen LogP contribution in [0.15, 0.2) is 12.3 Å². The molecule has 0 radical (unpaired) electrons. The zero-order valence-corrected chi connectivity index (χ0v) is 6.82. The van der Waals surface area contributed by atoms with E-state index < -0.39 is 0 Å². The summed E-state index contributed by atoms with van der Waals surface area (Å²) in [7, 11) is 0. The molecule has 0 amide bonds. The fourth-order valence-corrected chi connectivity index (χ4v) is 0.955. The van der Waals surface area contributed by atoms with E-state index in [4.69, 9.17) is 0 Å². The van der Waals surface area contributed by atoms with Crippen LogP contribution in [-0.4, -0.2) is 15.4 Å². The minimum Gasteiger partial charge on any atom is -0.139 e. The molecule has 0 aliphatic heterocycles. The second kappa shape index (κ2) is 4.77. The van der Waals surface area contributed by atoms with Crippen LogP contribution < -0.4 is 0 Å². The van der Waals surface area contributed by atoms with Crippen LogP contribution in [0, 0.1) is 0 Å². The van der Waals surface area contributed by atoms with Crippen LogP contribution in [0.2, 0.25) is 0 Å². The van der Waals surface area contributed by atoms with Crippen molar-refractivity contribution in [1.82, 2.24) is 15.4 Å². The van der Waals surface area contributed by atoms with Gasteiger partial charge in [-0.15, -0.1) is 10.2 Å². The second-order valence-corrected chi connectivity index (χ2v) is 2.57. The second-order valence-electron chi connectivity index (χ2n) is 2.57. The lowest BCUT2D eigenvalue weighted by atomic mass is 10.1.